The molecule has 5 nitrogen and oxygen atoms in total. The van der Waals surface area contributed by atoms with Crippen LogP contribution in [0, 0.1) is 0 Å². The third-order valence-corrected chi connectivity index (χ3v) is 9.06. The van der Waals surface area contributed by atoms with Gasteiger partial charge in [0.05, 0.1) is 8.95 Å². The number of phenolic OH excluding ortho intramolecular Hbond substituents is 4. The number of halogens is 2. The average molecular weight is 708 g/mol. The molecule has 0 aliphatic heterocycles. The summed E-state index contributed by atoms with van der Waals surface area (Å²) >= 11 is 7.03. The molecule has 0 spiro atoms. The lowest BCUT2D eigenvalue weighted by molar-refractivity contribution is 0.104. The normalized spacial score (nSPS) is 11.0. The van der Waals surface area contributed by atoms with Crippen molar-refractivity contribution in [3.05, 3.63) is 141 Å². The highest BCUT2D eigenvalue weighted by Gasteiger charge is 2.27. The Balaban J connectivity index is 1.61. The Labute approximate surface area is 270 Å². The van der Waals surface area contributed by atoms with Crippen molar-refractivity contribution in [3.63, 3.8) is 0 Å². The van der Waals surface area contributed by atoms with Gasteiger partial charge >= 0.3 is 0 Å². The van der Waals surface area contributed by atoms with Crippen LogP contribution in [-0.2, 0) is 0 Å². The summed E-state index contributed by atoms with van der Waals surface area (Å²) in [4.78, 5) is 14.6. The number of carbonyl (C=O) groups excluding carboxylic acids is 1. The van der Waals surface area contributed by atoms with Gasteiger partial charge in [-0.2, -0.15) is 0 Å². The zero-order valence-electron chi connectivity index (χ0n) is 23.0. The Bertz CT molecular complexity index is 1890. The molecule has 0 saturated carbocycles. The first-order valence-corrected chi connectivity index (χ1v) is 15.2. The van der Waals surface area contributed by atoms with Gasteiger partial charge in [-0.25, -0.2) is 0 Å². The molecule has 0 fully saturated rings. The molecule has 0 aliphatic rings. The summed E-state index contributed by atoms with van der Waals surface area (Å²) < 4.78 is 0.657. The molecule has 0 radical (unpaired) electrons. The van der Waals surface area contributed by atoms with Crippen molar-refractivity contribution in [2.75, 3.05) is 0 Å². The number of carbonyl (C=O) groups is 1. The van der Waals surface area contributed by atoms with E-state index in [2.05, 4.69) is 31.9 Å². The number of rotatable bonds is 6. The molecule has 0 aromatic heterocycles. The predicted octanol–water partition coefficient (Wildman–Crippen LogP) is 9.93. The van der Waals surface area contributed by atoms with Crippen LogP contribution in [0.15, 0.2) is 130 Å². The molecular formula is C37H24Br2O5. The maximum absolute atomic E-state index is 14.6. The molecular weight excluding hydrogens is 684 g/mol. The van der Waals surface area contributed by atoms with Crippen molar-refractivity contribution >= 4 is 37.6 Å². The molecule has 4 N–H and O–H groups in total. The van der Waals surface area contributed by atoms with Crippen molar-refractivity contribution in [1.29, 1.82) is 0 Å². The van der Waals surface area contributed by atoms with Crippen LogP contribution in [0.4, 0.5) is 0 Å². The van der Waals surface area contributed by atoms with Crippen LogP contribution in [-0.4, -0.2) is 26.2 Å². The predicted molar refractivity (Wildman–Crippen MR) is 180 cm³/mol. The van der Waals surface area contributed by atoms with E-state index in [1.54, 1.807) is 48.5 Å². The number of benzene rings is 6. The number of hydrogen-bond donors (Lipinski definition) is 4. The van der Waals surface area contributed by atoms with Gasteiger partial charge in [0.1, 0.15) is 23.0 Å². The Hall–Kier alpha value is -4.85. The fourth-order valence-corrected chi connectivity index (χ4v) is 6.56. The maximum Gasteiger partial charge on any atom is 0.194 e. The minimum atomic E-state index is -0.335. The van der Waals surface area contributed by atoms with Gasteiger partial charge in [-0.15, -0.1) is 0 Å². The van der Waals surface area contributed by atoms with Gasteiger partial charge in [0.15, 0.2) is 5.78 Å². The lowest BCUT2D eigenvalue weighted by Gasteiger charge is -2.20. The van der Waals surface area contributed by atoms with Gasteiger partial charge in [-0.3, -0.25) is 4.79 Å². The third kappa shape index (κ3) is 5.14. The van der Waals surface area contributed by atoms with Crippen molar-refractivity contribution in [2.24, 2.45) is 0 Å². The van der Waals surface area contributed by atoms with Gasteiger partial charge in [-0.05, 0) is 54.1 Å². The number of hydrogen-bond acceptors (Lipinski definition) is 5. The van der Waals surface area contributed by atoms with Crippen LogP contribution in [0.5, 0.6) is 23.0 Å². The monoisotopic (exact) mass is 706 g/mol. The van der Waals surface area contributed by atoms with Crippen LogP contribution >= 0.6 is 31.9 Å². The molecule has 0 amide bonds. The average Bonchev–Trinajstić information content (AvgIpc) is 3.04. The van der Waals surface area contributed by atoms with Crippen molar-refractivity contribution in [1.82, 2.24) is 0 Å². The Morgan fingerprint density at radius 1 is 0.432 bits per heavy atom. The SMILES string of the molecule is O=C(c1ccccc1-c1c(Br)c(O)cc(O)c1-c1ccccc1)c1ccccc1-c1c(Br)c(O)cc(O)c1-c1ccccc1. The van der Waals surface area contributed by atoms with E-state index in [0.717, 1.165) is 0 Å². The second kappa shape index (κ2) is 12.0. The summed E-state index contributed by atoms with van der Waals surface area (Å²) in [5.74, 6) is -0.959. The summed E-state index contributed by atoms with van der Waals surface area (Å²) in [6.07, 6.45) is 0. The number of phenols is 4. The van der Waals surface area contributed by atoms with Gasteiger partial charge in [0.25, 0.3) is 0 Å². The molecule has 6 aromatic carbocycles. The van der Waals surface area contributed by atoms with E-state index in [0.29, 0.717) is 64.6 Å². The summed E-state index contributed by atoms with van der Waals surface area (Å²) in [6, 6.07) is 35.1. The minimum Gasteiger partial charge on any atom is -0.507 e. The van der Waals surface area contributed by atoms with E-state index in [1.807, 2.05) is 60.7 Å². The Kier molecular flexibility index (Phi) is 7.99. The largest absolute Gasteiger partial charge is 0.507 e. The maximum atomic E-state index is 14.6. The molecule has 0 unspecified atom stereocenters. The smallest absolute Gasteiger partial charge is 0.194 e. The standard InChI is InChI=1S/C37H24Br2O5/c38-35-29(42)19-27(40)31(21-11-3-1-4-12-21)33(35)23-15-7-9-17-25(23)37(44)26-18-10-8-16-24(26)34-32(22-13-5-2-6-14-22)28(41)20-30(43)36(34)39/h1-20,40-43H. The summed E-state index contributed by atoms with van der Waals surface area (Å²) in [7, 11) is 0. The molecule has 0 saturated heterocycles. The molecule has 0 atom stereocenters. The first kappa shape index (κ1) is 29.2. The second-order valence-electron chi connectivity index (χ2n) is 10.1. The lowest BCUT2D eigenvalue weighted by Crippen LogP contribution is -2.07. The van der Waals surface area contributed by atoms with Crippen LogP contribution in [0.1, 0.15) is 15.9 Å². The molecule has 0 aliphatic carbocycles. The molecule has 7 heteroatoms. The van der Waals surface area contributed by atoms with Crippen LogP contribution in [0.25, 0.3) is 44.5 Å². The number of ketones is 1. The molecule has 0 bridgehead atoms. The molecule has 6 aromatic rings. The van der Waals surface area contributed by atoms with E-state index >= 15 is 0 Å². The third-order valence-electron chi connectivity index (χ3n) is 7.45. The fourth-order valence-electron chi connectivity index (χ4n) is 5.51. The van der Waals surface area contributed by atoms with Crippen LogP contribution < -0.4 is 0 Å². The second-order valence-corrected chi connectivity index (χ2v) is 11.7. The van der Waals surface area contributed by atoms with Gasteiger partial charge in [0, 0.05) is 45.5 Å². The van der Waals surface area contributed by atoms with E-state index in [1.165, 1.54) is 12.1 Å². The zero-order chi connectivity index (χ0) is 31.0. The van der Waals surface area contributed by atoms with E-state index < -0.39 is 0 Å². The first-order valence-electron chi connectivity index (χ1n) is 13.6. The van der Waals surface area contributed by atoms with E-state index in [9.17, 15) is 25.2 Å². The van der Waals surface area contributed by atoms with E-state index in [4.69, 9.17) is 0 Å². The van der Waals surface area contributed by atoms with E-state index in [-0.39, 0.29) is 28.8 Å². The topological polar surface area (TPSA) is 98.0 Å². The van der Waals surface area contributed by atoms with Crippen molar-refractivity contribution in [2.45, 2.75) is 0 Å². The lowest BCUT2D eigenvalue weighted by atomic mass is 9.85. The quantitative estimate of drug-likeness (QED) is 0.129. The zero-order valence-corrected chi connectivity index (χ0v) is 26.2. The first-order chi connectivity index (χ1) is 21.3. The van der Waals surface area contributed by atoms with Crippen LogP contribution in [0.3, 0.4) is 0 Å². The summed E-state index contributed by atoms with van der Waals surface area (Å²) in [6.45, 7) is 0. The van der Waals surface area contributed by atoms with Crippen molar-refractivity contribution in [3.8, 4) is 67.5 Å². The van der Waals surface area contributed by atoms with Gasteiger partial charge < -0.3 is 20.4 Å². The minimum absolute atomic E-state index is 0.138. The molecule has 216 valence electrons. The summed E-state index contributed by atoms with van der Waals surface area (Å²) in [5.41, 5.74) is 4.86. The highest BCUT2D eigenvalue weighted by molar-refractivity contribution is 9.11. The Morgan fingerprint density at radius 2 is 0.773 bits per heavy atom. The van der Waals surface area contributed by atoms with Gasteiger partial charge in [0.2, 0.25) is 0 Å². The molecule has 6 rings (SSSR count). The number of aromatic hydroxyl groups is 4. The molecule has 0 heterocycles. The summed E-state index contributed by atoms with van der Waals surface area (Å²) in [5, 5.41) is 43.6. The van der Waals surface area contributed by atoms with Crippen molar-refractivity contribution < 1.29 is 25.2 Å². The molecule has 44 heavy (non-hydrogen) atoms. The van der Waals surface area contributed by atoms with Gasteiger partial charge in [-0.1, -0.05) is 109 Å². The Morgan fingerprint density at radius 3 is 1.16 bits per heavy atom. The highest BCUT2D eigenvalue weighted by Crippen LogP contribution is 2.50. The van der Waals surface area contributed by atoms with Crippen LogP contribution in [0.2, 0.25) is 0 Å². The highest BCUT2D eigenvalue weighted by atomic mass is 79.9. The fraction of sp³-hybridized carbons (Fsp3) is 0.